The predicted octanol–water partition coefficient (Wildman–Crippen LogP) is 5.86. The fourth-order valence-corrected chi connectivity index (χ4v) is 6.00. The minimum atomic E-state index is -0.656. The van der Waals surface area contributed by atoms with Gasteiger partial charge in [-0.2, -0.15) is 0 Å². The lowest BCUT2D eigenvalue weighted by molar-refractivity contribution is 0.0635. The monoisotopic (exact) mass is 691 g/mol. The maximum atomic E-state index is 13.6. The first kappa shape index (κ1) is 35.6. The van der Waals surface area contributed by atoms with Gasteiger partial charge in [0.05, 0.1) is 11.4 Å². The number of allylic oxidation sites excluding steroid dienone is 4. The fourth-order valence-electron chi connectivity index (χ4n) is 5.29. The highest BCUT2D eigenvalue weighted by atomic mass is 32.1. The van der Waals surface area contributed by atoms with Gasteiger partial charge < -0.3 is 34.2 Å². The van der Waals surface area contributed by atoms with Crippen molar-refractivity contribution in [3.05, 3.63) is 88.3 Å². The number of carbonyl (C=O) groups excluding carboxylic acids is 3. The Morgan fingerprint density at radius 2 is 1.82 bits per heavy atom. The summed E-state index contributed by atoms with van der Waals surface area (Å²) in [5.74, 6) is 0.339. The van der Waals surface area contributed by atoms with Crippen molar-refractivity contribution in [2.24, 2.45) is 0 Å². The van der Waals surface area contributed by atoms with Gasteiger partial charge in [0.1, 0.15) is 17.6 Å². The molecule has 1 fully saturated rings. The summed E-state index contributed by atoms with van der Waals surface area (Å²) in [6.45, 7) is 11.0. The first-order chi connectivity index (χ1) is 23.5. The van der Waals surface area contributed by atoms with E-state index in [0.29, 0.717) is 23.7 Å². The Kier molecular flexibility index (Phi) is 12.1. The zero-order chi connectivity index (χ0) is 34.8. The molecule has 0 aromatic carbocycles. The normalized spacial score (nSPS) is 16.7. The Bertz CT molecular complexity index is 1600. The standard InChI is InChI=1S/C35H45N7O6S/c1-35(2,3)48-34(45)38-29-24-49-23-28(29)37-32(43)27-12-11-25(19-36-27)20-42(14-8-13-41-17-15-40(4)16-18-41)33(44)39-31-22-46-21-30(47-31)26-9-6-5-7-10-26/h5-6,9,11-12,19,21-24H,7-8,10,13-18,20H2,1-4H3,(H,37,43)(H,38,45)(H,39,44). The molecule has 0 bridgehead atoms. The molecule has 2 aromatic heterocycles. The lowest BCUT2D eigenvalue weighted by Gasteiger charge is -2.33. The number of piperazine rings is 1. The summed E-state index contributed by atoms with van der Waals surface area (Å²) in [6.07, 6.45) is 12.5. The molecule has 2 aromatic rings. The van der Waals surface area contributed by atoms with Gasteiger partial charge in [0.2, 0.25) is 5.88 Å². The molecular formula is C35H45N7O6S. The van der Waals surface area contributed by atoms with Crippen molar-refractivity contribution in [3.63, 3.8) is 0 Å². The third-order valence-electron chi connectivity index (χ3n) is 7.89. The first-order valence-electron chi connectivity index (χ1n) is 16.4. The van der Waals surface area contributed by atoms with Crippen molar-refractivity contribution in [2.75, 3.05) is 56.9 Å². The van der Waals surface area contributed by atoms with Crippen LogP contribution in [0, 0.1) is 0 Å². The molecule has 4 heterocycles. The van der Waals surface area contributed by atoms with Crippen LogP contribution in [0.3, 0.4) is 0 Å². The lowest BCUT2D eigenvalue weighted by Crippen LogP contribution is -2.46. The van der Waals surface area contributed by atoms with Gasteiger partial charge in [0.15, 0.2) is 12.0 Å². The van der Waals surface area contributed by atoms with E-state index < -0.39 is 17.6 Å². The maximum absolute atomic E-state index is 13.6. The average Bonchev–Trinajstić information content (AvgIpc) is 3.50. The summed E-state index contributed by atoms with van der Waals surface area (Å²) < 4.78 is 16.8. The molecule has 49 heavy (non-hydrogen) atoms. The van der Waals surface area contributed by atoms with Crippen LogP contribution in [0.1, 0.15) is 56.1 Å². The van der Waals surface area contributed by atoms with Gasteiger partial charge in [-0.05, 0) is 70.8 Å². The zero-order valence-corrected chi connectivity index (χ0v) is 29.3. The summed E-state index contributed by atoms with van der Waals surface area (Å²) in [7, 11) is 2.13. The van der Waals surface area contributed by atoms with Gasteiger partial charge in [-0.15, -0.1) is 11.3 Å². The third-order valence-corrected chi connectivity index (χ3v) is 8.64. The third kappa shape index (κ3) is 10.9. The molecule has 262 valence electrons. The van der Waals surface area contributed by atoms with Gasteiger partial charge in [-0.25, -0.2) is 9.59 Å². The molecule has 0 spiro atoms. The van der Waals surface area contributed by atoms with Crippen molar-refractivity contribution < 1.29 is 28.6 Å². The van der Waals surface area contributed by atoms with Gasteiger partial charge in [0, 0.05) is 56.2 Å². The number of nitrogens with zero attached hydrogens (tertiary/aromatic N) is 4. The van der Waals surface area contributed by atoms with E-state index in [-0.39, 0.29) is 24.2 Å². The summed E-state index contributed by atoms with van der Waals surface area (Å²) in [6, 6.07) is 3.05. The summed E-state index contributed by atoms with van der Waals surface area (Å²) >= 11 is 1.33. The Labute approximate surface area is 291 Å². The number of anilines is 2. The van der Waals surface area contributed by atoms with Crippen LogP contribution in [0.2, 0.25) is 0 Å². The number of ether oxygens (including phenoxy) is 3. The van der Waals surface area contributed by atoms with Crippen molar-refractivity contribution >= 4 is 40.7 Å². The lowest BCUT2D eigenvalue weighted by atomic mass is 10.0. The Morgan fingerprint density at radius 1 is 1.04 bits per heavy atom. The highest BCUT2D eigenvalue weighted by molar-refractivity contribution is 7.09. The summed E-state index contributed by atoms with van der Waals surface area (Å²) in [5.41, 5.74) is 2.15. The molecule has 0 saturated carbocycles. The highest BCUT2D eigenvalue weighted by Crippen LogP contribution is 2.28. The van der Waals surface area contributed by atoms with Crippen LogP contribution in [0.4, 0.5) is 21.0 Å². The molecule has 2 aliphatic heterocycles. The number of likely N-dealkylation sites (N-methyl/N-ethyl adjacent to an activating group) is 1. The minimum Gasteiger partial charge on any atom is -0.463 e. The molecule has 0 radical (unpaired) electrons. The summed E-state index contributed by atoms with van der Waals surface area (Å²) in [5, 5.41) is 11.8. The Balaban J connectivity index is 1.20. The van der Waals surface area contributed by atoms with Gasteiger partial charge in [-0.3, -0.25) is 20.4 Å². The molecule has 1 saturated heterocycles. The van der Waals surface area contributed by atoms with Gasteiger partial charge in [-0.1, -0.05) is 24.3 Å². The molecule has 0 unspecified atom stereocenters. The number of amides is 4. The van der Waals surface area contributed by atoms with Crippen molar-refractivity contribution in [1.29, 1.82) is 0 Å². The molecule has 0 atom stereocenters. The fraction of sp³-hybridized carbons (Fsp3) is 0.429. The van der Waals surface area contributed by atoms with E-state index in [0.717, 1.165) is 63.1 Å². The topological polar surface area (TPSA) is 138 Å². The van der Waals surface area contributed by atoms with Gasteiger partial charge >= 0.3 is 12.1 Å². The van der Waals surface area contributed by atoms with E-state index in [4.69, 9.17) is 14.2 Å². The van der Waals surface area contributed by atoms with Crippen LogP contribution in [0.5, 0.6) is 0 Å². The van der Waals surface area contributed by atoms with Crippen LogP contribution in [0.15, 0.2) is 77.1 Å². The highest BCUT2D eigenvalue weighted by Gasteiger charge is 2.23. The second-order valence-electron chi connectivity index (χ2n) is 13.0. The maximum Gasteiger partial charge on any atom is 0.412 e. The number of hydrogen-bond acceptors (Lipinski definition) is 10. The molecule has 1 aliphatic carbocycles. The SMILES string of the molecule is CN1CCN(CCCN(Cc2ccc(C(=O)Nc3cscc3NC(=O)OC(C)(C)C)nc2)C(=O)NC2=COC=C(C3=CC=CCC3)O2)CC1. The van der Waals surface area contributed by atoms with E-state index in [2.05, 4.69) is 43.9 Å². The molecular weight excluding hydrogens is 646 g/mol. The molecule has 3 N–H and O–H groups in total. The van der Waals surface area contributed by atoms with Crippen LogP contribution in [0.25, 0.3) is 0 Å². The van der Waals surface area contributed by atoms with Crippen molar-refractivity contribution in [2.45, 2.75) is 52.2 Å². The quantitative estimate of drug-likeness (QED) is 0.265. The van der Waals surface area contributed by atoms with E-state index in [1.165, 1.54) is 23.9 Å². The van der Waals surface area contributed by atoms with Crippen LogP contribution >= 0.6 is 11.3 Å². The first-order valence-corrected chi connectivity index (χ1v) is 17.4. The van der Waals surface area contributed by atoms with E-state index in [1.54, 1.807) is 54.8 Å². The van der Waals surface area contributed by atoms with E-state index in [1.807, 2.05) is 12.2 Å². The van der Waals surface area contributed by atoms with E-state index >= 15 is 0 Å². The second kappa shape index (κ2) is 16.6. The van der Waals surface area contributed by atoms with Crippen molar-refractivity contribution in [1.82, 2.24) is 25.0 Å². The largest absolute Gasteiger partial charge is 0.463 e. The molecule has 4 amide bonds. The average molecular weight is 692 g/mol. The molecule has 13 nitrogen and oxygen atoms in total. The molecule has 3 aliphatic rings. The number of hydrogen-bond donors (Lipinski definition) is 3. The zero-order valence-electron chi connectivity index (χ0n) is 28.5. The number of pyridine rings is 1. The number of nitrogens with one attached hydrogen (secondary N) is 3. The Hall–Kier alpha value is -4.66. The smallest absolute Gasteiger partial charge is 0.412 e. The number of urea groups is 1. The predicted molar refractivity (Wildman–Crippen MR) is 189 cm³/mol. The van der Waals surface area contributed by atoms with E-state index in [9.17, 15) is 14.4 Å². The van der Waals surface area contributed by atoms with Crippen LogP contribution < -0.4 is 16.0 Å². The van der Waals surface area contributed by atoms with Crippen molar-refractivity contribution in [3.8, 4) is 0 Å². The number of aromatic nitrogens is 1. The van der Waals surface area contributed by atoms with Gasteiger partial charge in [0.25, 0.3) is 5.91 Å². The second-order valence-corrected chi connectivity index (χ2v) is 13.8. The molecule has 5 rings (SSSR count). The van der Waals surface area contributed by atoms with Crippen LogP contribution in [-0.2, 0) is 20.8 Å². The summed E-state index contributed by atoms with van der Waals surface area (Å²) in [4.78, 5) is 49.7. The number of rotatable bonds is 11. The minimum absolute atomic E-state index is 0.188. The number of carbonyl (C=O) groups is 3. The molecule has 14 heteroatoms. The Morgan fingerprint density at radius 3 is 2.51 bits per heavy atom. The number of thiophene rings is 1. The van der Waals surface area contributed by atoms with Crippen LogP contribution in [-0.4, -0.2) is 89.6 Å².